The van der Waals surface area contributed by atoms with E-state index >= 15 is 0 Å². The zero-order valence-corrected chi connectivity index (χ0v) is 19.2. The number of hydrogen-bond donors (Lipinski definition) is 1. The number of nitrogens with two attached hydrogens (primary N) is 1. The van der Waals surface area contributed by atoms with E-state index in [1.54, 1.807) is 37.3 Å². The molecule has 0 saturated heterocycles. The molecule has 0 bridgehead atoms. The number of nitro benzene ring substituents is 1. The van der Waals surface area contributed by atoms with Crippen molar-refractivity contribution in [2.24, 2.45) is 5.73 Å². The van der Waals surface area contributed by atoms with E-state index < -0.39 is 22.8 Å². The highest BCUT2D eigenvalue weighted by Crippen LogP contribution is 2.44. The molecule has 0 spiro atoms. The zero-order chi connectivity index (χ0) is 25.7. The summed E-state index contributed by atoms with van der Waals surface area (Å²) < 4.78 is 15.3. The van der Waals surface area contributed by atoms with Gasteiger partial charge in [-0.1, -0.05) is 30.3 Å². The van der Waals surface area contributed by atoms with Crippen molar-refractivity contribution in [3.8, 4) is 11.8 Å². The number of nitrogens with zero attached hydrogens (tertiary/aromatic N) is 3. The number of nitriles is 1. The van der Waals surface area contributed by atoms with Gasteiger partial charge in [-0.15, -0.1) is 0 Å². The summed E-state index contributed by atoms with van der Waals surface area (Å²) in [5, 5.41) is 21.5. The van der Waals surface area contributed by atoms with Gasteiger partial charge in [-0.05, 0) is 18.6 Å². The molecule has 11 heteroatoms. The summed E-state index contributed by atoms with van der Waals surface area (Å²) in [5.41, 5.74) is 6.27. The van der Waals surface area contributed by atoms with Crippen LogP contribution in [0.4, 0.5) is 11.4 Å². The predicted molar refractivity (Wildman–Crippen MR) is 124 cm³/mol. The summed E-state index contributed by atoms with van der Waals surface area (Å²) in [5.74, 6) is -3.08. The Bertz CT molecular complexity index is 1280. The maximum absolute atomic E-state index is 13.1. The van der Waals surface area contributed by atoms with Gasteiger partial charge in [-0.25, -0.2) is 9.59 Å². The Morgan fingerprint density at radius 1 is 1.14 bits per heavy atom. The fourth-order valence-electron chi connectivity index (χ4n) is 3.85. The predicted octanol–water partition coefficient (Wildman–Crippen LogP) is 2.89. The van der Waals surface area contributed by atoms with Crippen LogP contribution in [0.5, 0.6) is 5.75 Å². The minimum absolute atomic E-state index is 0.0273. The number of ether oxygens (including phenoxy) is 3. The van der Waals surface area contributed by atoms with Crippen LogP contribution in [-0.4, -0.2) is 37.7 Å². The van der Waals surface area contributed by atoms with Crippen molar-refractivity contribution < 1.29 is 28.7 Å². The van der Waals surface area contributed by atoms with Crippen molar-refractivity contribution in [2.75, 3.05) is 25.7 Å². The number of nitro groups is 1. The third-order valence-corrected chi connectivity index (χ3v) is 5.31. The van der Waals surface area contributed by atoms with Crippen molar-refractivity contribution in [2.45, 2.75) is 12.8 Å². The molecule has 2 N–H and O–H groups in total. The number of methoxy groups -OCH3 is 2. The Balaban J connectivity index is 2.40. The molecule has 11 nitrogen and oxygen atoms in total. The molecule has 2 aromatic carbocycles. The smallest absolute Gasteiger partial charge is 0.355 e. The van der Waals surface area contributed by atoms with Gasteiger partial charge in [0, 0.05) is 12.1 Å². The average Bonchev–Trinajstić information content (AvgIpc) is 2.87. The van der Waals surface area contributed by atoms with Gasteiger partial charge >= 0.3 is 17.6 Å². The Morgan fingerprint density at radius 2 is 1.80 bits per heavy atom. The van der Waals surface area contributed by atoms with Gasteiger partial charge in [0.2, 0.25) is 0 Å². The topological polar surface area (TPSA) is 158 Å². The summed E-state index contributed by atoms with van der Waals surface area (Å²) in [4.78, 5) is 38.1. The first-order chi connectivity index (χ1) is 16.8. The number of hydrogen-bond acceptors (Lipinski definition) is 10. The molecule has 35 heavy (non-hydrogen) atoms. The molecule has 2 aromatic rings. The van der Waals surface area contributed by atoms with Gasteiger partial charge in [0.1, 0.15) is 11.5 Å². The van der Waals surface area contributed by atoms with Crippen molar-refractivity contribution in [3.63, 3.8) is 0 Å². The van der Waals surface area contributed by atoms with Gasteiger partial charge in [0.25, 0.3) is 0 Å². The normalized spacial score (nSPS) is 15.4. The second kappa shape index (κ2) is 10.4. The van der Waals surface area contributed by atoms with Gasteiger partial charge in [0.15, 0.2) is 5.75 Å². The van der Waals surface area contributed by atoms with E-state index in [0.29, 0.717) is 5.56 Å². The van der Waals surface area contributed by atoms with E-state index in [2.05, 4.69) is 0 Å². The first kappa shape index (κ1) is 24.8. The molecule has 180 valence electrons. The Morgan fingerprint density at radius 3 is 2.34 bits per heavy atom. The van der Waals surface area contributed by atoms with Crippen LogP contribution in [0.1, 0.15) is 18.4 Å². The third-order valence-electron chi connectivity index (χ3n) is 5.31. The molecule has 0 amide bonds. The van der Waals surface area contributed by atoms with Crippen LogP contribution in [0.3, 0.4) is 0 Å². The summed E-state index contributed by atoms with van der Waals surface area (Å²) in [6.45, 7) is 1.78. The van der Waals surface area contributed by atoms with Crippen LogP contribution in [0.2, 0.25) is 0 Å². The van der Waals surface area contributed by atoms with Crippen LogP contribution in [-0.2, 0) is 19.1 Å². The Hall–Kier alpha value is -4.85. The molecular weight excluding hydrogens is 456 g/mol. The molecular formula is C24H22N4O7. The van der Waals surface area contributed by atoms with Crippen molar-refractivity contribution in [1.82, 2.24) is 0 Å². The first-order valence-electron chi connectivity index (χ1n) is 10.4. The lowest BCUT2D eigenvalue weighted by atomic mass is 9.81. The molecule has 1 unspecified atom stereocenters. The number of esters is 2. The SMILES string of the molecule is CCOc1cc(N2C(N)=C(C#N)C(c3ccccc3)C(C(=O)OC)=C2C(=O)OC)ccc1[N+](=O)[O-]. The van der Waals surface area contributed by atoms with E-state index in [0.717, 1.165) is 19.1 Å². The molecule has 1 aliphatic heterocycles. The quantitative estimate of drug-likeness (QED) is 0.356. The Labute approximate surface area is 200 Å². The summed E-state index contributed by atoms with van der Waals surface area (Å²) in [6.07, 6.45) is 0. The highest BCUT2D eigenvalue weighted by atomic mass is 16.6. The summed E-state index contributed by atoms with van der Waals surface area (Å²) in [6, 6.07) is 14.4. The second-order valence-corrected chi connectivity index (χ2v) is 7.18. The molecule has 3 rings (SSSR count). The van der Waals surface area contributed by atoms with Crippen molar-refractivity contribution >= 4 is 23.3 Å². The Kier molecular flexibility index (Phi) is 7.36. The standard InChI is InChI=1S/C24H22N4O7/c1-4-35-18-12-15(10-11-17(18)28(31)32)27-21(24(30)34-3)20(23(29)33-2)19(16(13-25)22(27)26)14-8-6-5-7-9-14/h5-12,19H,4,26H2,1-3H3. The lowest BCUT2D eigenvalue weighted by molar-refractivity contribution is -0.385. The molecule has 0 fully saturated rings. The van der Waals surface area contributed by atoms with E-state index in [4.69, 9.17) is 19.9 Å². The van der Waals surface area contributed by atoms with E-state index in [1.807, 2.05) is 6.07 Å². The molecule has 1 atom stereocenters. The number of carbonyl (C=O) groups is 2. The fourth-order valence-corrected chi connectivity index (χ4v) is 3.85. The molecule has 0 radical (unpaired) electrons. The lowest BCUT2D eigenvalue weighted by Gasteiger charge is -2.35. The first-order valence-corrected chi connectivity index (χ1v) is 10.4. The molecule has 1 aliphatic rings. The minimum Gasteiger partial charge on any atom is -0.487 e. The maximum atomic E-state index is 13.1. The molecule has 1 heterocycles. The number of allylic oxidation sites excluding steroid dienone is 1. The third kappa shape index (κ3) is 4.49. The van der Waals surface area contributed by atoms with Crippen LogP contribution in [0.25, 0.3) is 0 Å². The minimum atomic E-state index is -1.02. The molecule has 0 aliphatic carbocycles. The van der Waals surface area contributed by atoms with Crippen LogP contribution in [0.15, 0.2) is 71.2 Å². The number of benzene rings is 2. The summed E-state index contributed by atoms with van der Waals surface area (Å²) >= 11 is 0. The zero-order valence-electron chi connectivity index (χ0n) is 19.2. The van der Waals surface area contributed by atoms with Crippen LogP contribution < -0.4 is 15.4 Å². The largest absolute Gasteiger partial charge is 0.487 e. The molecule has 0 saturated carbocycles. The van der Waals surface area contributed by atoms with Gasteiger partial charge in [-0.3, -0.25) is 15.0 Å². The number of rotatable bonds is 7. The van der Waals surface area contributed by atoms with Crippen molar-refractivity contribution in [1.29, 1.82) is 5.26 Å². The van der Waals surface area contributed by atoms with Crippen LogP contribution >= 0.6 is 0 Å². The van der Waals surface area contributed by atoms with E-state index in [1.165, 1.54) is 18.2 Å². The average molecular weight is 478 g/mol. The van der Waals surface area contributed by atoms with E-state index in [-0.39, 0.29) is 46.4 Å². The van der Waals surface area contributed by atoms with Gasteiger partial charge in [0.05, 0.1) is 54.6 Å². The lowest BCUT2D eigenvalue weighted by Crippen LogP contribution is -2.40. The number of carbonyl (C=O) groups excluding carboxylic acids is 2. The molecule has 0 aromatic heterocycles. The van der Waals surface area contributed by atoms with Crippen LogP contribution in [0, 0.1) is 21.4 Å². The highest BCUT2D eigenvalue weighted by molar-refractivity contribution is 6.06. The highest BCUT2D eigenvalue weighted by Gasteiger charge is 2.43. The van der Waals surface area contributed by atoms with Gasteiger partial charge < -0.3 is 19.9 Å². The number of anilines is 1. The summed E-state index contributed by atoms with van der Waals surface area (Å²) in [7, 11) is 2.27. The second-order valence-electron chi connectivity index (χ2n) is 7.18. The fraction of sp³-hybridized carbons (Fsp3) is 0.208. The maximum Gasteiger partial charge on any atom is 0.355 e. The van der Waals surface area contributed by atoms with E-state index in [9.17, 15) is 25.0 Å². The van der Waals surface area contributed by atoms with Crippen molar-refractivity contribution in [3.05, 3.63) is 86.9 Å². The monoisotopic (exact) mass is 478 g/mol. The van der Waals surface area contributed by atoms with Gasteiger partial charge in [-0.2, -0.15) is 5.26 Å².